The molecule has 0 amide bonds. The van der Waals surface area contributed by atoms with Gasteiger partial charge in [-0.2, -0.15) is 0 Å². The highest BCUT2D eigenvalue weighted by molar-refractivity contribution is 6.31. The lowest BCUT2D eigenvalue weighted by atomic mass is 10.1. The highest BCUT2D eigenvalue weighted by Crippen LogP contribution is 2.25. The molecule has 1 aromatic heterocycles. The minimum Gasteiger partial charge on any atom is -0.337 e. The maximum atomic E-state index is 6.11. The normalized spacial score (nSPS) is 10.5. The first kappa shape index (κ1) is 12.8. The highest BCUT2D eigenvalue weighted by Gasteiger charge is 2.08. The van der Waals surface area contributed by atoms with Crippen LogP contribution in [-0.4, -0.2) is 9.97 Å². The van der Waals surface area contributed by atoms with Crippen molar-refractivity contribution in [2.45, 2.75) is 27.7 Å². The number of hydrogen-bond donors (Lipinski definition) is 1. The number of aromatic nitrogens is 2. The summed E-state index contributed by atoms with van der Waals surface area (Å²) in [7, 11) is 0. The molecule has 2 aromatic rings. The number of nitrogens with one attached hydrogen (secondary N) is 1. The fourth-order valence-electron chi connectivity index (χ4n) is 1.65. The quantitative estimate of drug-likeness (QED) is 0.884. The summed E-state index contributed by atoms with van der Waals surface area (Å²) in [5.74, 6) is 0.605. The number of nitrogens with zero attached hydrogens (tertiary/aromatic N) is 2. The average molecular weight is 262 g/mol. The molecule has 3 nitrogen and oxygen atoms in total. The van der Waals surface area contributed by atoms with Crippen LogP contribution in [0.3, 0.4) is 0 Å². The molecule has 0 radical (unpaired) electrons. The second-order valence-corrected chi connectivity index (χ2v) is 4.84. The molecule has 0 bridgehead atoms. The van der Waals surface area contributed by atoms with Gasteiger partial charge in [0.2, 0.25) is 0 Å². The molecule has 4 heteroatoms. The summed E-state index contributed by atoms with van der Waals surface area (Å²) in [5.41, 5.74) is 5.08. The lowest BCUT2D eigenvalue weighted by molar-refractivity contribution is 1.05. The van der Waals surface area contributed by atoms with E-state index in [1.54, 1.807) is 0 Å². The molecule has 1 N–H and O–H groups in total. The maximum Gasteiger partial charge on any atom is 0.172 e. The number of benzene rings is 1. The molecule has 0 spiro atoms. The summed E-state index contributed by atoms with van der Waals surface area (Å²) in [5, 5.41) is 3.65. The van der Waals surface area contributed by atoms with Crippen molar-refractivity contribution in [3.63, 3.8) is 0 Å². The molecule has 0 aliphatic rings. The van der Waals surface area contributed by atoms with E-state index >= 15 is 0 Å². The van der Waals surface area contributed by atoms with Gasteiger partial charge in [0.1, 0.15) is 0 Å². The predicted molar refractivity (Wildman–Crippen MR) is 75.7 cm³/mol. The van der Waals surface area contributed by atoms with Gasteiger partial charge >= 0.3 is 0 Å². The maximum absolute atomic E-state index is 6.11. The second kappa shape index (κ2) is 4.94. The zero-order valence-corrected chi connectivity index (χ0v) is 11.8. The molecule has 0 aliphatic carbocycles. The zero-order chi connectivity index (χ0) is 13.3. The fourth-order valence-corrected chi connectivity index (χ4v) is 1.87. The molecule has 0 unspecified atom stereocenters. The monoisotopic (exact) mass is 261 g/mol. The molecule has 1 aromatic carbocycles. The van der Waals surface area contributed by atoms with Crippen molar-refractivity contribution in [2.24, 2.45) is 0 Å². The van der Waals surface area contributed by atoms with Gasteiger partial charge in [-0.25, -0.2) is 9.97 Å². The average Bonchev–Trinajstić information content (AvgIpc) is 2.30. The standard InChI is InChI=1S/C14H16ClN3/c1-8-5-6-9(2)12(7-8)18-14-13(15)16-10(3)11(4)17-14/h5-7H,1-4H3,(H,17,18). The Hall–Kier alpha value is -1.61. The summed E-state index contributed by atoms with van der Waals surface area (Å²) < 4.78 is 0. The number of rotatable bonds is 2. The van der Waals surface area contributed by atoms with E-state index < -0.39 is 0 Å². The van der Waals surface area contributed by atoms with Crippen molar-refractivity contribution in [3.8, 4) is 0 Å². The minimum absolute atomic E-state index is 0.402. The summed E-state index contributed by atoms with van der Waals surface area (Å²) in [6, 6.07) is 6.22. The molecule has 94 valence electrons. The van der Waals surface area contributed by atoms with E-state index in [1.807, 2.05) is 20.8 Å². The van der Waals surface area contributed by atoms with Crippen molar-refractivity contribution in [3.05, 3.63) is 45.9 Å². The van der Waals surface area contributed by atoms with Gasteiger partial charge in [-0.15, -0.1) is 0 Å². The van der Waals surface area contributed by atoms with Crippen LogP contribution in [0.25, 0.3) is 0 Å². The molecule has 18 heavy (non-hydrogen) atoms. The van der Waals surface area contributed by atoms with Crippen LogP contribution in [0.1, 0.15) is 22.5 Å². The molecule has 0 saturated heterocycles. The van der Waals surface area contributed by atoms with E-state index in [2.05, 4.69) is 40.4 Å². The van der Waals surface area contributed by atoms with Crippen molar-refractivity contribution in [1.29, 1.82) is 0 Å². The summed E-state index contributed by atoms with van der Waals surface area (Å²) in [6.07, 6.45) is 0. The number of anilines is 2. The minimum atomic E-state index is 0.402. The van der Waals surface area contributed by atoms with E-state index in [1.165, 1.54) is 5.56 Å². The van der Waals surface area contributed by atoms with E-state index in [-0.39, 0.29) is 0 Å². The third-order valence-electron chi connectivity index (χ3n) is 2.91. The molecule has 0 atom stereocenters. The fraction of sp³-hybridized carbons (Fsp3) is 0.286. The highest BCUT2D eigenvalue weighted by atomic mass is 35.5. The van der Waals surface area contributed by atoms with E-state index in [9.17, 15) is 0 Å². The number of aryl methyl sites for hydroxylation is 4. The van der Waals surface area contributed by atoms with Gasteiger partial charge in [0.05, 0.1) is 11.4 Å². The Morgan fingerprint density at radius 2 is 1.67 bits per heavy atom. The van der Waals surface area contributed by atoms with Crippen molar-refractivity contribution in [1.82, 2.24) is 9.97 Å². The van der Waals surface area contributed by atoms with Gasteiger partial charge in [-0.05, 0) is 44.9 Å². The first-order valence-corrected chi connectivity index (χ1v) is 6.20. The third-order valence-corrected chi connectivity index (χ3v) is 3.17. The van der Waals surface area contributed by atoms with Crippen LogP contribution in [0.15, 0.2) is 18.2 Å². The van der Waals surface area contributed by atoms with Crippen LogP contribution in [0.5, 0.6) is 0 Å². The molecular weight excluding hydrogens is 246 g/mol. The van der Waals surface area contributed by atoms with Crippen LogP contribution in [-0.2, 0) is 0 Å². The van der Waals surface area contributed by atoms with Gasteiger partial charge in [-0.3, -0.25) is 0 Å². The van der Waals surface area contributed by atoms with Crippen LogP contribution < -0.4 is 5.32 Å². The Kier molecular flexibility index (Phi) is 3.53. The Labute approximate surface area is 112 Å². The van der Waals surface area contributed by atoms with Crippen LogP contribution in [0.4, 0.5) is 11.5 Å². The lowest BCUT2D eigenvalue weighted by Gasteiger charge is -2.12. The largest absolute Gasteiger partial charge is 0.337 e. The van der Waals surface area contributed by atoms with Crippen LogP contribution >= 0.6 is 11.6 Å². The number of hydrogen-bond acceptors (Lipinski definition) is 3. The summed E-state index contributed by atoms with van der Waals surface area (Å²) in [4.78, 5) is 8.69. The first-order valence-electron chi connectivity index (χ1n) is 5.82. The first-order chi connectivity index (χ1) is 8.47. The van der Waals surface area contributed by atoms with Gasteiger partial charge < -0.3 is 5.32 Å². The Morgan fingerprint density at radius 3 is 2.39 bits per heavy atom. The van der Waals surface area contributed by atoms with Gasteiger partial charge in [-0.1, -0.05) is 23.7 Å². The van der Waals surface area contributed by atoms with Crippen LogP contribution in [0.2, 0.25) is 5.15 Å². The topological polar surface area (TPSA) is 37.8 Å². The second-order valence-electron chi connectivity index (χ2n) is 4.48. The smallest absolute Gasteiger partial charge is 0.172 e. The van der Waals surface area contributed by atoms with Crippen LogP contribution in [0, 0.1) is 27.7 Å². The molecule has 0 aliphatic heterocycles. The molecule has 0 saturated carbocycles. The van der Waals surface area contributed by atoms with E-state index in [4.69, 9.17) is 11.6 Å². The predicted octanol–water partition coefficient (Wildman–Crippen LogP) is 4.11. The van der Waals surface area contributed by atoms with E-state index in [0.29, 0.717) is 11.0 Å². The molecule has 1 heterocycles. The van der Waals surface area contributed by atoms with Crippen molar-refractivity contribution in [2.75, 3.05) is 5.32 Å². The summed E-state index contributed by atoms with van der Waals surface area (Å²) >= 11 is 6.11. The van der Waals surface area contributed by atoms with Gasteiger partial charge in [0, 0.05) is 5.69 Å². The van der Waals surface area contributed by atoms with E-state index in [0.717, 1.165) is 22.6 Å². The zero-order valence-electron chi connectivity index (χ0n) is 11.0. The Morgan fingerprint density at radius 1 is 1.00 bits per heavy atom. The lowest BCUT2D eigenvalue weighted by Crippen LogP contribution is -2.02. The molecular formula is C14H16ClN3. The SMILES string of the molecule is Cc1ccc(C)c(Nc2nc(C)c(C)nc2Cl)c1. The van der Waals surface area contributed by atoms with Gasteiger partial charge in [0.25, 0.3) is 0 Å². The van der Waals surface area contributed by atoms with Crippen molar-refractivity contribution >= 4 is 23.1 Å². The molecule has 2 rings (SSSR count). The number of halogens is 1. The van der Waals surface area contributed by atoms with Gasteiger partial charge in [0.15, 0.2) is 11.0 Å². The third kappa shape index (κ3) is 2.62. The Balaban J connectivity index is 2.40. The van der Waals surface area contributed by atoms with Crippen molar-refractivity contribution < 1.29 is 0 Å². The summed E-state index contributed by atoms with van der Waals surface area (Å²) in [6.45, 7) is 7.92. The molecule has 0 fully saturated rings. The Bertz CT molecular complexity index is 594.